The number of aromatic nitrogens is 1. The topological polar surface area (TPSA) is 204 Å². The Bertz CT molecular complexity index is 2140. The fourth-order valence-corrected chi connectivity index (χ4v) is 10.3. The molecule has 3 saturated carbocycles. The standard InChI is InChI=1S/C43H54BN5O10S/c1-41(2,3)27-17-16-25(38(53)54)35(56-7)26(27)20-32(44-58-31-19-24-18-30(42(24,4)5)43(31,6)59-44)47-37(52)34(48-36(51)28-14-11-15-33(50)45-28)29-22-60-39(46-29)49-40(55)57-21-23-12-9-8-10-13-23/h8-10,12-13,16-17,22,24,28,30-32,34H,11,14-15,18-21H2,1-7H3,(H,45,50)(H,47,52)(H,48,51)(H,53,54)(H,46,49,55)/t24?,28?,30?,31?,32?,34?,43-/m0/s1. The van der Waals surface area contributed by atoms with Crippen LogP contribution in [0.5, 0.6) is 5.75 Å². The summed E-state index contributed by atoms with van der Waals surface area (Å²) < 4.78 is 24.8. The molecule has 5 aliphatic rings. The number of benzene rings is 2. The van der Waals surface area contributed by atoms with Gasteiger partial charge in [0.2, 0.25) is 17.7 Å². The first kappa shape index (κ1) is 43.1. The van der Waals surface area contributed by atoms with Crippen LogP contribution in [0.25, 0.3) is 0 Å². The number of nitrogens with one attached hydrogen (secondary N) is 4. The number of ether oxygens (including phenoxy) is 2. The van der Waals surface area contributed by atoms with Gasteiger partial charge in [-0.1, -0.05) is 71.0 Å². The Labute approximate surface area is 354 Å². The Morgan fingerprint density at radius 3 is 2.50 bits per heavy atom. The summed E-state index contributed by atoms with van der Waals surface area (Å²) in [5.41, 5.74) is 1.17. The van der Waals surface area contributed by atoms with Gasteiger partial charge in [0.05, 0.1) is 30.4 Å². The van der Waals surface area contributed by atoms with E-state index in [1.165, 1.54) is 13.2 Å². The fourth-order valence-electron chi connectivity index (χ4n) is 9.55. The minimum Gasteiger partial charge on any atom is -0.496 e. The average molecular weight is 844 g/mol. The van der Waals surface area contributed by atoms with Crippen LogP contribution >= 0.6 is 11.3 Å². The Morgan fingerprint density at radius 1 is 1.08 bits per heavy atom. The number of amides is 4. The van der Waals surface area contributed by atoms with Gasteiger partial charge in [-0.3, -0.25) is 19.7 Å². The number of thiazole rings is 1. The van der Waals surface area contributed by atoms with Gasteiger partial charge in [0, 0.05) is 17.4 Å². The second-order valence-corrected chi connectivity index (χ2v) is 19.0. The molecular formula is C43H54BN5O10S. The third kappa shape index (κ3) is 8.61. The zero-order valence-corrected chi connectivity index (χ0v) is 35.9. The van der Waals surface area contributed by atoms with Gasteiger partial charge < -0.3 is 39.8 Å². The Morgan fingerprint density at radius 2 is 1.83 bits per heavy atom. The first-order valence-electron chi connectivity index (χ1n) is 20.5. The largest absolute Gasteiger partial charge is 0.496 e. The number of methoxy groups -OCH3 is 1. The molecule has 3 heterocycles. The number of carbonyl (C=O) groups is 5. The number of rotatable bonds is 13. The molecule has 3 aromatic rings. The van der Waals surface area contributed by atoms with Crippen LogP contribution in [-0.4, -0.2) is 77.8 Å². The predicted octanol–water partition coefficient (Wildman–Crippen LogP) is 5.72. The molecular weight excluding hydrogens is 789 g/mol. The summed E-state index contributed by atoms with van der Waals surface area (Å²) in [6.45, 7) is 12.6. The van der Waals surface area contributed by atoms with E-state index in [4.69, 9.17) is 18.8 Å². The predicted molar refractivity (Wildman–Crippen MR) is 223 cm³/mol. The summed E-state index contributed by atoms with van der Waals surface area (Å²) >= 11 is 1.04. The van der Waals surface area contributed by atoms with E-state index < -0.39 is 60.0 Å². The maximum Gasteiger partial charge on any atom is 0.482 e. The third-order valence-electron chi connectivity index (χ3n) is 12.9. The number of carboxylic acids is 1. The van der Waals surface area contributed by atoms with Crippen molar-refractivity contribution in [1.82, 2.24) is 20.9 Å². The van der Waals surface area contributed by atoms with Crippen molar-refractivity contribution in [1.29, 1.82) is 0 Å². The molecule has 0 spiro atoms. The van der Waals surface area contributed by atoms with E-state index in [1.54, 1.807) is 11.4 Å². The van der Waals surface area contributed by atoms with E-state index in [1.807, 2.05) is 51.1 Å². The van der Waals surface area contributed by atoms with Gasteiger partial charge in [-0.05, 0) is 78.9 Å². The minimum absolute atomic E-state index is 0.0295. The summed E-state index contributed by atoms with van der Waals surface area (Å²) in [7, 11) is 0.450. The van der Waals surface area contributed by atoms with Gasteiger partial charge in [0.1, 0.15) is 24.0 Å². The van der Waals surface area contributed by atoms with E-state index in [2.05, 4.69) is 47.0 Å². The summed E-state index contributed by atoms with van der Waals surface area (Å²) in [5.74, 6) is -2.77. The molecule has 3 aliphatic carbocycles. The third-order valence-corrected chi connectivity index (χ3v) is 13.7. The molecule has 5 fully saturated rings. The minimum atomic E-state index is -1.40. The zero-order valence-electron chi connectivity index (χ0n) is 35.1. The highest BCUT2D eigenvalue weighted by Crippen LogP contribution is 2.65. The molecule has 320 valence electrons. The molecule has 2 aliphatic heterocycles. The van der Waals surface area contributed by atoms with Crippen LogP contribution < -0.4 is 26.0 Å². The SMILES string of the molecule is COc1c(C(=O)O)ccc(C(C)(C)C)c1CC(NC(=O)C(NC(=O)C1CCCC(=O)N1)c1csc(NC(=O)OCc2ccccc2)n1)B1OC2CC3CC(C3(C)C)[C@]2(C)O1. The van der Waals surface area contributed by atoms with E-state index in [0.29, 0.717) is 30.7 Å². The normalized spacial score (nSPS) is 25.1. The van der Waals surface area contributed by atoms with Crippen molar-refractivity contribution in [3.8, 4) is 5.75 Å². The van der Waals surface area contributed by atoms with Crippen LogP contribution in [0.4, 0.5) is 9.93 Å². The maximum absolute atomic E-state index is 14.9. The summed E-state index contributed by atoms with van der Waals surface area (Å²) in [5, 5.41) is 23.1. The zero-order chi connectivity index (χ0) is 43.1. The van der Waals surface area contributed by atoms with Crippen molar-refractivity contribution >= 4 is 53.4 Å². The fraction of sp³-hybridized carbons (Fsp3) is 0.535. The van der Waals surface area contributed by atoms with E-state index in [9.17, 15) is 29.1 Å². The van der Waals surface area contributed by atoms with Crippen LogP contribution in [0.15, 0.2) is 47.8 Å². The van der Waals surface area contributed by atoms with Gasteiger partial charge in [-0.25, -0.2) is 14.6 Å². The van der Waals surface area contributed by atoms with E-state index in [-0.39, 0.29) is 58.5 Å². The van der Waals surface area contributed by atoms with Gasteiger partial charge >= 0.3 is 19.2 Å². The summed E-state index contributed by atoms with van der Waals surface area (Å²) in [4.78, 5) is 70.7. The molecule has 1 aromatic heterocycles. The lowest BCUT2D eigenvalue weighted by molar-refractivity contribution is -0.199. The van der Waals surface area contributed by atoms with Crippen LogP contribution in [-0.2, 0) is 46.9 Å². The van der Waals surface area contributed by atoms with Crippen molar-refractivity contribution in [3.63, 3.8) is 0 Å². The lowest BCUT2D eigenvalue weighted by atomic mass is 9.43. The molecule has 15 nitrogen and oxygen atoms in total. The van der Waals surface area contributed by atoms with Crippen LogP contribution in [0.3, 0.4) is 0 Å². The molecule has 8 rings (SSSR count). The number of carbonyl (C=O) groups excluding carboxylic acids is 4. The maximum atomic E-state index is 14.9. The quantitative estimate of drug-likeness (QED) is 0.132. The summed E-state index contributed by atoms with van der Waals surface area (Å²) in [6.07, 6.45) is 2.01. The highest BCUT2D eigenvalue weighted by molar-refractivity contribution is 7.13. The van der Waals surface area contributed by atoms with Crippen molar-refractivity contribution in [2.24, 2.45) is 17.3 Å². The number of hydrogen-bond donors (Lipinski definition) is 5. The van der Waals surface area contributed by atoms with Crippen LogP contribution in [0.1, 0.15) is 112 Å². The highest BCUT2D eigenvalue weighted by atomic mass is 32.1. The van der Waals surface area contributed by atoms with Crippen molar-refractivity contribution in [2.45, 2.75) is 122 Å². The van der Waals surface area contributed by atoms with Gasteiger partial charge in [0.15, 0.2) is 11.2 Å². The second-order valence-electron chi connectivity index (χ2n) is 18.1. The Kier molecular flexibility index (Phi) is 12.1. The molecule has 60 heavy (non-hydrogen) atoms. The molecule has 2 saturated heterocycles. The second kappa shape index (κ2) is 16.8. The van der Waals surface area contributed by atoms with Crippen molar-refractivity contribution < 1.29 is 47.9 Å². The van der Waals surface area contributed by atoms with Gasteiger partial charge in [-0.2, -0.15) is 0 Å². The van der Waals surface area contributed by atoms with Crippen LogP contribution in [0, 0.1) is 17.3 Å². The Balaban J connectivity index is 1.22. The molecule has 2 aromatic carbocycles. The number of carboxylic acid groups (broad SMARTS) is 1. The first-order chi connectivity index (χ1) is 28.4. The number of piperidine rings is 1. The van der Waals surface area contributed by atoms with Crippen molar-refractivity contribution in [2.75, 3.05) is 12.4 Å². The first-order valence-corrected chi connectivity index (χ1v) is 21.4. The number of hydrogen-bond acceptors (Lipinski definition) is 11. The van der Waals surface area contributed by atoms with Crippen LogP contribution in [0.2, 0.25) is 0 Å². The molecule has 0 radical (unpaired) electrons. The lowest BCUT2D eigenvalue weighted by Crippen LogP contribution is -2.65. The van der Waals surface area contributed by atoms with Crippen molar-refractivity contribution in [3.05, 3.63) is 75.8 Å². The lowest BCUT2D eigenvalue weighted by Gasteiger charge is -2.64. The Hall–Kier alpha value is -5.00. The molecule has 5 N–H and O–H groups in total. The molecule has 4 amide bonds. The van der Waals surface area contributed by atoms with E-state index >= 15 is 0 Å². The van der Waals surface area contributed by atoms with Gasteiger partial charge in [0.25, 0.3) is 0 Å². The molecule has 2 bridgehead atoms. The number of nitrogens with zero attached hydrogens (tertiary/aromatic N) is 1. The number of anilines is 1. The molecule has 6 unspecified atom stereocenters. The highest BCUT2D eigenvalue weighted by Gasteiger charge is 2.68. The number of aromatic carboxylic acids is 1. The smallest absolute Gasteiger partial charge is 0.482 e. The van der Waals surface area contributed by atoms with Gasteiger partial charge in [-0.15, -0.1) is 11.3 Å². The monoisotopic (exact) mass is 843 g/mol. The van der Waals surface area contributed by atoms with E-state index in [0.717, 1.165) is 35.3 Å². The summed E-state index contributed by atoms with van der Waals surface area (Å²) in [6, 6.07) is 10.2. The molecule has 7 atom stereocenters. The molecule has 17 heteroatoms. The average Bonchev–Trinajstić information content (AvgIpc) is 3.82.